The van der Waals surface area contributed by atoms with E-state index in [0.29, 0.717) is 0 Å². The molecule has 138 valence electrons. The van der Waals surface area contributed by atoms with E-state index < -0.39 is 6.10 Å². The second-order valence-electron chi connectivity index (χ2n) is 5.97. The first kappa shape index (κ1) is 20.0. The van der Waals surface area contributed by atoms with Gasteiger partial charge in [0.05, 0.1) is 31.0 Å². The highest BCUT2D eigenvalue weighted by Crippen LogP contribution is 2.30. The number of methoxy groups -OCH3 is 1. The fourth-order valence-corrected chi connectivity index (χ4v) is 2.80. The Balaban J connectivity index is 0.00000243. The van der Waals surface area contributed by atoms with Crippen molar-refractivity contribution in [2.24, 2.45) is 0 Å². The molecule has 3 N–H and O–H groups in total. The Morgan fingerprint density at radius 1 is 1.15 bits per heavy atom. The van der Waals surface area contributed by atoms with E-state index >= 15 is 0 Å². The third kappa shape index (κ3) is 4.25. The number of aliphatic hydroxyl groups excluding tert-OH is 2. The molecule has 0 radical (unpaired) electrons. The van der Waals surface area contributed by atoms with Gasteiger partial charge < -0.3 is 20.3 Å². The van der Waals surface area contributed by atoms with Crippen molar-refractivity contribution in [3.63, 3.8) is 0 Å². The molecule has 3 aromatic rings. The molecule has 26 heavy (non-hydrogen) atoms. The summed E-state index contributed by atoms with van der Waals surface area (Å²) < 4.78 is 5.32. The number of hydrogen-bond acceptors (Lipinski definition) is 5. The molecule has 0 aliphatic rings. The Morgan fingerprint density at radius 3 is 2.62 bits per heavy atom. The van der Waals surface area contributed by atoms with Crippen LogP contribution >= 0.6 is 12.4 Å². The number of pyridine rings is 1. The SMILES string of the molecule is COc1ccc(-c2cc(NC[C@H](O)CO)c3ccccc3n2)cc1C.Cl. The van der Waals surface area contributed by atoms with Crippen LogP contribution < -0.4 is 10.1 Å². The molecule has 6 heteroatoms. The van der Waals surface area contributed by atoms with Crippen molar-refractivity contribution in [2.45, 2.75) is 13.0 Å². The van der Waals surface area contributed by atoms with Crippen LogP contribution in [-0.4, -0.2) is 41.6 Å². The Kier molecular flexibility index (Phi) is 6.80. The van der Waals surface area contributed by atoms with Crippen LogP contribution in [0.25, 0.3) is 22.2 Å². The third-order valence-corrected chi connectivity index (χ3v) is 4.15. The minimum Gasteiger partial charge on any atom is -0.496 e. The predicted molar refractivity (Wildman–Crippen MR) is 107 cm³/mol. The molecule has 1 aromatic heterocycles. The summed E-state index contributed by atoms with van der Waals surface area (Å²) >= 11 is 0. The Hall–Kier alpha value is -2.34. The highest BCUT2D eigenvalue weighted by Gasteiger charge is 2.10. The summed E-state index contributed by atoms with van der Waals surface area (Å²) in [5, 5.41) is 22.8. The summed E-state index contributed by atoms with van der Waals surface area (Å²) in [6.45, 7) is 1.99. The number of rotatable bonds is 6. The van der Waals surface area contributed by atoms with Crippen molar-refractivity contribution in [1.82, 2.24) is 4.98 Å². The summed E-state index contributed by atoms with van der Waals surface area (Å²) in [6.07, 6.45) is -0.807. The number of halogens is 1. The first-order valence-electron chi connectivity index (χ1n) is 8.20. The number of anilines is 1. The number of nitrogens with one attached hydrogen (secondary N) is 1. The number of aliphatic hydroxyl groups is 2. The van der Waals surface area contributed by atoms with E-state index in [0.717, 1.165) is 39.2 Å². The molecule has 0 aliphatic heterocycles. The minimum atomic E-state index is -0.807. The normalized spacial score (nSPS) is 11.7. The van der Waals surface area contributed by atoms with Crippen LogP contribution in [0.4, 0.5) is 5.69 Å². The zero-order chi connectivity index (χ0) is 17.8. The van der Waals surface area contributed by atoms with E-state index in [1.807, 2.05) is 55.5 Å². The molecule has 3 rings (SSSR count). The van der Waals surface area contributed by atoms with Gasteiger partial charge in [0.1, 0.15) is 5.75 Å². The van der Waals surface area contributed by atoms with Gasteiger partial charge in [-0.1, -0.05) is 18.2 Å². The second kappa shape index (κ2) is 8.85. The fraction of sp³-hybridized carbons (Fsp3) is 0.250. The summed E-state index contributed by atoms with van der Waals surface area (Å²) in [5.41, 5.74) is 4.62. The van der Waals surface area contributed by atoms with Crippen LogP contribution in [0.5, 0.6) is 5.75 Å². The van der Waals surface area contributed by atoms with E-state index in [9.17, 15) is 5.11 Å². The lowest BCUT2D eigenvalue weighted by Crippen LogP contribution is -2.23. The number of aryl methyl sites for hydroxylation is 1. The molecule has 0 saturated carbocycles. The summed E-state index contributed by atoms with van der Waals surface area (Å²) in [6, 6.07) is 15.8. The third-order valence-electron chi connectivity index (χ3n) is 4.15. The highest BCUT2D eigenvalue weighted by atomic mass is 35.5. The van der Waals surface area contributed by atoms with Crippen molar-refractivity contribution in [3.8, 4) is 17.0 Å². The Bertz CT molecular complexity index is 886. The van der Waals surface area contributed by atoms with Crippen LogP contribution in [0.2, 0.25) is 0 Å². The second-order valence-corrected chi connectivity index (χ2v) is 5.97. The topological polar surface area (TPSA) is 74.6 Å². The van der Waals surface area contributed by atoms with Crippen LogP contribution in [0.1, 0.15) is 5.56 Å². The quantitative estimate of drug-likeness (QED) is 0.616. The van der Waals surface area contributed by atoms with E-state index in [1.54, 1.807) is 7.11 Å². The van der Waals surface area contributed by atoms with Gasteiger partial charge >= 0.3 is 0 Å². The van der Waals surface area contributed by atoms with Gasteiger partial charge in [0.15, 0.2) is 0 Å². The van der Waals surface area contributed by atoms with E-state index in [2.05, 4.69) is 5.32 Å². The number of aromatic nitrogens is 1. The minimum absolute atomic E-state index is 0. The van der Waals surface area contributed by atoms with Crippen LogP contribution in [0.15, 0.2) is 48.5 Å². The van der Waals surface area contributed by atoms with Crippen molar-refractivity contribution >= 4 is 29.0 Å². The zero-order valence-corrected chi connectivity index (χ0v) is 15.6. The first-order chi connectivity index (χ1) is 12.1. The summed E-state index contributed by atoms with van der Waals surface area (Å²) in [7, 11) is 1.66. The largest absolute Gasteiger partial charge is 0.496 e. The highest BCUT2D eigenvalue weighted by molar-refractivity contribution is 5.93. The predicted octanol–water partition coefficient (Wildman–Crippen LogP) is 3.41. The molecular formula is C20H23ClN2O3. The van der Waals surface area contributed by atoms with Crippen molar-refractivity contribution in [1.29, 1.82) is 0 Å². The smallest absolute Gasteiger partial charge is 0.121 e. The number of ether oxygens (including phenoxy) is 1. The molecule has 0 unspecified atom stereocenters. The Labute approximate surface area is 159 Å². The van der Waals surface area contributed by atoms with Gasteiger partial charge in [0, 0.05) is 23.2 Å². The van der Waals surface area contributed by atoms with Crippen LogP contribution in [0, 0.1) is 6.92 Å². The lowest BCUT2D eigenvalue weighted by atomic mass is 10.0. The van der Waals surface area contributed by atoms with Crippen LogP contribution in [-0.2, 0) is 0 Å². The summed E-state index contributed by atoms with van der Waals surface area (Å²) in [5.74, 6) is 0.842. The number of para-hydroxylation sites is 1. The molecule has 0 spiro atoms. The molecule has 0 aliphatic carbocycles. The molecule has 0 bridgehead atoms. The van der Waals surface area contributed by atoms with Crippen molar-refractivity contribution in [2.75, 3.05) is 25.6 Å². The summed E-state index contributed by atoms with van der Waals surface area (Å²) in [4.78, 5) is 4.76. The maximum absolute atomic E-state index is 9.63. The number of benzene rings is 2. The van der Waals surface area contributed by atoms with Gasteiger partial charge in [0.25, 0.3) is 0 Å². The average molecular weight is 375 g/mol. The van der Waals surface area contributed by atoms with E-state index in [1.165, 1.54) is 0 Å². The molecule has 2 aromatic carbocycles. The number of hydrogen-bond donors (Lipinski definition) is 3. The van der Waals surface area contributed by atoms with Gasteiger partial charge in [-0.3, -0.25) is 0 Å². The molecule has 5 nitrogen and oxygen atoms in total. The van der Waals surface area contributed by atoms with Crippen molar-refractivity contribution in [3.05, 3.63) is 54.1 Å². The van der Waals surface area contributed by atoms with Gasteiger partial charge in [0.2, 0.25) is 0 Å². The fourth-order valence-electron chi connectivity index (χ4n) is 2.80. The molecule has 0 saturated heterocycles. The molecule has 1 heterocycles. The van der Waals surface area contributed by atoms with E-state index in [4.69, 9.17) is 14.8 Å². The molecule has 1 atom stereocenters. The zero-order valence-electron chi connectivity index (χ0n) is 14.8. The average Bonchev–Trinajstić information content (AvgIpc) is 2.65. The van der Waals surface area contributed by atoms with Crippen LogP contribution in [0.3, 0.4) is 0 Å². The lowest BCUT2D eigenvalue weighted by Gasteiger charge is -2.14. The monoisotopic (exact) mass is 374 g/mol. The number of nitrogens with zero attached hydrogens (tertiary/aromatic N) is 1. The maximum Gasteiger partial charge on any atom is 0.121 e. The first-order valence-corrected chi connectivity index (χ1v) is 8.20. The van der Waals surface area contributed by atoms with Gasteiger partial charge in [-0.25, -0.2) is 4.98 Å². The lowest BCUT2D eigenvalue weighted by molar-refractivity contribution is 0.105. The van der Waals surface area contributed by atoms with Gasteiger partial charge in [-0.2, -0.15) is 0 Å². The number of fused-ring (bicyclic) bond motifs is 1. The maximum atomic E-state index is 9.63. The standard InChI is InChI=1S/C20H22N2O3.ClH/c1-13-9-14(7-8-20(13)25-2)18-10-19(21-11-15(24)12-23)16-5-3-4-6-17(16)22-18;/h3-10,15,23-24H,11-12H2,1-2H3,(H,21,22);1H/t15-;/m0./s1. The molecule has 0 fully saturated rings. The van der Waals surface area contributed by atoms with Crippen molar-refractivity contribution < 1.29 is 14.9 Å². The van der Waals surface area contributed by atoms with Gasteiger partial charge in [-0.15, -0.1) is 12.4 Å². The Morgan fingerprint density at radius 2 is 1.92 bits per heavy atom. The van der Waals surface area contributed by atoms with E-state index in [-0.39, 0.29) is 25.6 Å². The molecular weight excluding hydrogens is 352 g/mol. The molecule has 0 amide bonds. The van der Waals surface area contributed by atoms with Gasteiger partial charge in [-0.05, 0) is 42.8 Å².